The summed E-state index contributed by atoms with van der Waals surface area (Å²) in [5.74, 6) is -0.470. The third-order valence-electron chi connectivity index (χ3n) is 5.93. The molecule has 1 N–H and O–H groups in total. The molecule has 0 saturated heterocycles. The molecule has 5 nitrogen and oxygen atoms in total. The van der Waals surface area contributed by atoms with Crippen LogP contribution in [0.3, 0.4) is 0 Å². The number of nitrogens with zero attached hydrogens (tertiary/aromatic N) is 2. The number of carbonyl (C=O) groups is 2. The molecule has 2 aromatic carbocycles. The van der Waals surface area contributed by atoms with Crippen LogP contribution in [0.25, 0.3) is 0 Å². The van der Waals surface area contributed by atoms with Crippen molar-refractivity contribution in [3.63, 3.8) is 0 Å². The molecule has 0 bridgehead atoms. The van der Waals surface area contributed by atoms with Crippen LogP contribution in [-0.2, 0) is 17.9 Å². The van der Waals surface area contributed by atoms with E-state index in [0.29, 0.717) is 18.8 Å². The molecule has 3 rings (SSSR count). The second-order valence-electron chi connectivity index (χ2n) is 8.58. The Morgan fingerprint density at radius 3 is 2.26 bits per heavy atom. The molecule has 3 aromatic rings. The van der Waals surface area contributed by atoms with Crippen molar-refractivity contribution in [3.8, 4) is 0 Å². The number of rotatable bonds is 9. The highest BCUT2D eigenvalue weighted by atomic mass is 32.1. The SMILES string of the molecule is CCC(C)N(CC(=O)N(Cc1ccc(F)cc1)Cc1sccc1C)C(=O)Nc1ccc(C)cc1. The molecule has 0 aliphatic heterocycles. The lowest BCUT2D eigenvalue weighted by Gasteiger charge is -2.31. The Morgan fingerprint density at radius 2 is 1.68 bits per heavy atom. The predicted molar refractivity (Wildman–Crippen MR) is 136 cm³/mol. The first-order valence-corrected chi connectivity index (χ1v) is 12.3. The van der Waals surface area contributed by atoms with Crippen LogP contribution in [0.1, 0.15) is 41.8 Å². The number of anilines is 1. The summed E-state index contributed by atoms with van der Waals surface area (Å²) in [7, 11) is 0. The molecule has 34 heavy (non-hydrogen) atoms. The topological polar surface area (TPSA) is 52.7 Å². The number of halogens is 1. The zero-order valence-electron chi connectivity index (χ0n) is 20.2. The Balaban J connectivity index is 1.79. The van der Waals surface area contributed by atoms with Gasteiger partial charge in [0.15, 0.2) is 0 Å². The van der Waals surface area contributed by atoms with Crippen LogP contribution in [-0.4, -0.2) is 34.3 Å². The Hall–Kier alpha value is -3.19. The van der Waals surface area contributed by atoms with Gasteiger partial charge in [0.05, 0.1) is 6.54 Å². The van der Waals surface area contributed by atoms with E-state index >= 15 is 0 Å². The average Bonchev–Trinajstić information content (AvgIpc) is 3.23. The van der Waals surface area contributed by atoms with Gasteiger partial charge >= 0.3 is 6.03 Å². The van der Waals surface area contributed by atoms with Gasteiger partial charge in [-0.05, 0) is 74.0 Å². The maximum absolute atomic E-state index is 13.5. The summed E-state index contributed by atoms with van der Waals surface area (Å²) in [5.41, 5.74) is 3.75. The van der Waals surface area contributed by atoms with Crippen molar-refractivity contribution in [2.75, 3.05) is 11.9 Å². The molecule has 1 aromatic heterocycles. The Labute approximate surface area is 205 Å². The van der Waals surface area contributed by atoms with Crippen LogP contribution < -0.4 is 5.32 Å². The lowest BCUT2D eigenvalue weighted by molar-refractivity contribution is -0.133. The molecule has 0 aliphatic rings. The Kier molecular flexibility index (Phi) is 8.82. The van der Waals surface area contributed by atoms with E-state index in [-0.39, 0.29) is 30.3 Å². The summed E-state index contributed by atoms with van der Waals surface area (Å²) < 4.78 is 13.4. The van der Waals surface area contributed by atoms with Crippen LogP contribution in [0.5, 0.6) is 0 Å². The summed E-state index contributed by atoms with van der Waals surface area (Å²) in [4.78, 5) is 31.1. The van der Waals surface area contributed by atoms with Gasteiger partial charge in [-0.2, -0.15) is 0 Å². The summed E-state index contributed by atoms with van der Waals surface area (Å²) in [6.45, 7) is 8.67. The van der Waals surface area contributed by atoms with Crippen molar-refractivity contribution in [3.05, 3.63) is 87.4 Å². The molecule has 3 amide bonds. The van der Waals surface area contributed by atoms with Crippen LogP contribution in [0.4, 0.5) is 14.9 Å². The van der Waals surface area contributed by atoms with Gasteiger partial charge in [-0.3, -0.25) is 4.79 Å². The second kappa shape index (κ2) is 11.8. The van der Waals surface area contributed by atoms with Gasteiger partial charge in [-0.25, -0.2) is 9.18 Å². The minimum atomic E-state index is -0.313. The standard InChI is InChI=1S/C27H32FN3O2S/c1-5-21(4)31(27(33)29-24-12-6-19(2)7-13-24)18-26(32)30(17-25-20(3)14-15-34-25)16-22-8-10-23(28)11-9-22/h6-15,21H,5,16-18H2,1-4H3,(H,29,33). The van der Waals surface area contributed by atoms with Crippen molar-refractivity contribution < 1.29 is 14.0 Å². The lowest BCUT2D eigenvalue weighted by atomic mass is 10.2. The van der Waals surface area contributed by atoms with Gasteiger partial charge in [0.25, 0.3) is 0 Å². The molecular weight excluding hydrogens is 449 g/mol. The molecule has 0 aliphatic carbocycles. The monoisotopic (exact) mass is 481 g/mol. The average molecular weight is 482 g/mol. The van der Waals surface area contributed by atoms with E-state index < -0.39 is 0 Å². The number of nitrogens with one attached hydrogen (secondary N) is 1. The van der Waals surface area contributed by atoms with E-state index in [1.165, 1.54) is 12.1 Å². The van der Waals surface area contributed by atoms with Gasteiger partial charge in [-0.1, -0.05) is 36.8 Å². The van der Waals surface area contributed by atoms with Crippen LogP contribution in [0.15, 0.2) is 60.0 Å². The number of hydrogen-bond donors (Lipinski definition) is 1. The van der Waals surface area contributed by atoms with Crippen molar-refractivity contribution in [1.29, 1.82) is 0 Å². The molecule has 7 heteroatoms. The molecule has 0 radical (unpaired) electrons. The zero-order valence-corrected chi connectivity index (χ0v) is 21.0. The van der Waals surface area contributed by atoms with Crippen molar-refractivity contribution in [2.24, 2.45) is 0 Å². The molecular formula is C27H32FN3O2S. The van der Waals surface area contributed by atoms with Crippen molar-refractivity contribution in [2.45, 2.75) is 53.2 Å². The molecule has 180 valence electrons. The maximum atomic E-state index is 13.5. The number of benzene rings is 2. The summed E-state index contributed by atoms with van der Waals surface area (Å²) in [5, 5.41) is 4.92. The molecule has 1 unspecified atom stereocenters. The second-order valence-corrected chi connectivity index (χ2v) is 9.59. The smallest absolute Gasteiger partial charge is 0.322 e. The molecule has 1 atom stereocenters. The molecule has 0 spiro atoms. The highest BCUT2D eigenvalue weighted by Crippen LogP contribution is 2.20. The molecule has 0 saturated carbocycles. The quantitative estimate of drug-likeness (QED) is 0.386. The largest absolute Gasteiger partial charge is 0.332 e. The Bertz CT molecular complexity index is 1100. The highest BCUT2D eigenvalue weighted by molar-refractivity contribution is 7.10. The summed E-state index contributed by atoms with van der Waals surface area (Å²) in [6, 6.07) is 15.3. The first-order valence-electron chi connectivity index (χ1n) is 11.5. The number of thiophene rings is 1. The number of carbonyl (C=O) groups excluding carboxylic acids is 2. The number of urea groups is 1. The molecule has 1 heterocycles. The normalized spacial score (nSPS) is 11.7. The van der Waals surface area contributed by atoms with Gasteiger partial charge in [0.1, 0.15) is 12.4 Å². The van der Waals surface area contributed by atoms with E-state index in [2.05, 4.69) is 5.32 Å². The summed E-state index contributed by atoms with van der Waals surface area (Å²) >= 11 is 1.60. The zero-order chi connectivity index (χ0) is 24.7. The summed E-state index contributed by atoms with van der Waals surface area (Å²) in [6.07, 6.45) is 0.719. The van der Waals surface area contributed by atoms with Gasteiger partial charge in [-0.15, -0.1) is 11.3 Å². The first kappa shape index (κ1) is 25.4. The fourth-order valence-electron chi connectivity index (χ4n) is 3.51. The molecule has 0 fully saturated rings. The number of hydrogen-bond acceptors (Lipinski definition) is 3. The van der Waals surface area contributed by atoms with E-state index in [1.807, 2.05) is 63.4 Å². The van der Waals surface area contributed by atoms with E-state index in [4.69, 9.17) is 0 Å². The van der Waals surface area contributed by atoms with Crippen molar-refractivity contribution >= 4 is 29.0 Å². The maximum Gasteiger partial charge on any atom is 0.322 e. The fraction of sp³-hybridized carbons (Fsp3) is 0.333. The Morgan fingerprint density at radius 1 is 1.00 bits per heavy atom. The number of amides is 3. The first-order chi connectivity index (χ1) is 16.3. The predicted octanol–water partition coefficient (Wildman–Crippen LogP) is 6.37. The highest BCUT2D eigenvalue weighted by Gasteiger charge is 2.25. The van der Waals surface area contributed by atoms with Gasteiger partial charge in [0.2, 0.25) is 5.91 Å². The third-order valence-corrected chi connectivity index (χ3v) is 6.94. The number of aryl methyl sites for hydroxylation is 2. The van der Waals surface area contributed by atoms with Crippen molar-refractivity contribution in [1.82, 2.24) is 9.80 Å². The van der Waals surface area contributed by atoms with Gasteiger partial charge in [0, 0.05) is 23.2 Å². The minimum Gasteiger partial charge on any atom is -0.332 e. The van der Waals surface area contributed by atoms with Crippen LogP contribution >= 0.6 is 11.3 Å². The third kappa shape index (κ3) is 6.90. The minimum absolute atomic E-state index is 0.0433. The van der Waals surface area contributed by atoms with E-state index in [1.54, 1.807) is 33.3 Å². The lowest BCUT2D eigenvalue weighted by Crippen LogP contribution is -2.47. The van der Waals surface area contributed by atoms with E-state index in [0.717, 1.165) is 28.0 Å². The van der Waals surface area contributed by atoms with E-state index in [9.17, 15) is 14.0 Å². The van der Waals surface area contributed by atoms with Crippen LogP contribution in [0, 0.1) is 19.7 Å². The van der Waals surface area contributed by atoms with Crippen LogP contribution in [0.2, 0.25) is 0 Å². The fourth-order valence-corrected chi connectivity index (χ4v) is 4.43. The van der Waals surface area contributed by atoms with Gasteiger partial charge < -0.3 is 15.1 Å².